The number of H-pyrrole nitrogens is 1. The number of carboxylic acid groups (broad SMARTS) is 1. The van der Waals surface area contributed by atoms with Crippen molar-refractivity contribution < 1.29 is 71.2 Å². The summed E-state index contributed by atoms with van der Waals surface area (Å²) in [6, 6.07) is 5.57. The fraction of sp³-hybridized carbons (Fsp3) is 0.486. The molecular formula is C37H49N10O9U-. The number of nitrogens with two attached hydrogens (primary N) is 1. The number of nitrogen functional groups attached to an aromatic ring is 1. The number of hydrogen-bond donors (Lipinski definition) is 7. The fourth-order valence-corrected chi connectivity index (χ4v) is 6.46. The van der Waals surface area contributed by atoms with E-state index in [-0.39, 0.29) is 85.6 Å². The van der Waals surface area contributed by atoms with Crippen molar-refractivity contribution in [3.63, 3.8) is 0 Å². The first-order valence-electron chi connectivity index (χ1n) is 19.2. The van der Waals surface area contributed by atoms with Crippen molar-refractivity contribution in [2.75, 3.05) is 11.1 Å². The molecule has 3 fully saturated rings. The zero-order chi connectivity index (χ0) is 41.3. The van der Waals surface area contributed by atoms with Crippen LogP contribution in [-0.2, 0) is 30.6 Å². The molecule has 3 aliphatic rings. The summed E-state index contributed by atoms with van der Waals surface area (Å²) in [5, 5.41) is 21.4. The van der Waals surface area contributed by atoms with Gasteiger partial charge in [0.05, 0.1) is 24.9 Å². The maximum Gasteiger partial charge on any atom is 0.333 e. The van der Waals surface area contributed by atoms with Gasteiger partial charge in [0.15, 0.2) is 11.2 Å². The van der Waals surface area contributed by atoms with Gasteiger partial charge < -0.3 is 44.3 Å². The van der Waals surface area contributed by atoms with Gasteiger partial charge in [-0.25, -0.2) is 25.7 Å². The smallest absolute Gasteiger partial charge is 0.333 e. The van der Waals surface area contributed by atoms with Crippen LogP contribution in [0, 0.1) is 38.5 Å². The third-order valence-electron chi connectivity index (χ3n) is 9.43. The third kappa shape index (κ3) is 14.1. The van der Waals surface area contributed by atoms with Gasteiger partial charge in [-0.05, 0) is 56.4 Å². The first-order chi connectivity index (χ1) is 27.4. The summed E-state index contributed by atoms with van der Waals surface area (Å²) in [6.07, 6.45) is 12.9. The van der Waals surface area contributed by atoms with E-state index in [0.717, 1.165) is 25.7 Å². The molecule has 1 unspecified atom stereocenters. The van der Waals surface area contributed by atoms with E-state index in [1.165, 1.54) is 56.9 Å². The summed E-state index contributed by atoms with van der Waals surface area (Å²) in [7, 11) is 2.50. The topological polar surface area (TPSA) is 281 Å². The van der Waals surface area contributed by atoms with E-state index in [2.05, 4.69) is 48.6 Å². The zero-order valence-corrected chi connectivity index (χ0v) is 35.7. The maximum atomic E-state index is 12.6. The Morgan fingerprint density at radius 1 is 0.930 bits per heavy atom. The number of hydrogen-bond acceptors (Lipinski definition) is 13. The van der Waals surface area contributed by atoms with Crippen LogP contribution in [0.25, 0.3) is 11.2 Å². The Bertz CT molecular complexity index is 1900. The van der Waals surface area contributed by atoms with E-state index >= 15 is 0 Å². The molecule has 8 N–H and O–H groups in total. The van der Waals surface area contributed by atoms with Crippen molar-refractivity contribution in [1.29, 1.82) is 0 Å². The van der Waals surface area contributed by atoms with Gasteiger partial charge in [-0.1, -0.05) is 38.5 Å². The van der Waals surface area contributed by atoms with Crippen LogP contribution in [0.5, 0.6) is 0 Å². The molecule has 1 saturated heterocycles. The molecule has 19 nitrogen and oxygen atoms in total. The average molecular weight is 1020 g/mol. The van der Waals surface area contributed by atoms with E-state index < -0.39 is 47.7 Å². The van der Waals surface area contributed by atoms with Crippen molar-refractivity contribution in [2.24, 2.45) is 0 Å². The van der Waals surface area contributed by atoms with Gasteiger partial charge in [0.25, 0.3) is 23.3 Å². The Hall–Kier alpha value is -5.09. The van der Waals surface area contributed by atoms with Crippen LogP contribution in [-0.4, -0.2) is 83.9 Å². The molecule has 0 bridgehead atoms. The van der Waals surface area contributed by atoms with E-state index in [0.29, 0.717) is 28.5 Å². The molecule has 3 heterocycles. The van der Waals surface area contributed by atoms with Gasteiger partial charge in [0, 0.05) is 67.3 Å². The van der Waals surface area contributed by atoms with Crippen molar-refractivity contribution >= 4 is 58.5 Å². The van der Waals surface area contributed by atoms with Gasteiger partial charge in [-0.2, -0.15) is 4.98 Å². The Balaban J connectivity index is 0.000000395. The van der Waals surface area contributed by atoms with Gasteiger partial charge >= 0.3 is 18.0 Å². The number of aromatic nitrogens is 4. The molecule has 2 aromatic heterocycles. The number of imide groups is 1. The van der Waals surface area contributed by atoms with E-state index in [1.807, 2.05) is 0 Å². The molecule has 20 heteroatoms. The number of urea groups is 1. The number of nitrogens with zero attached hydrogens (tertiary/aromatic N) is 4. The minimum Gasteiger partial charge on any atom is -0.480 e. The van der Waals surface area contributed by atoms with Gasteiger partial charge in [-0.3, -0.25) is 24.2 Å². The van der Waals surface area contributed by atoms with Crippen LogP contribution >= 0.6 is 0 Å². The number of aliphatic carboxylic acids is 1. The molecule has 57 heavy (non-hydrogen) atoms. The third-order valence-corrected chi connectivity index (χ3v) is 9.43. The monoisotopic (exact) mass is 1020 g/mol. The molecule has 2 saturated carbocycles. The molecule has 2 aliphatic carbocycles. The summed E-state index contributed by atoms with van der Waals surface area (Å²) >= 11 is 0. The van der Waals surface area contributed by atoms with Crippen molar-refractivity contribution in [1.82, 2.24) is 40.9 Å². The number of hydroxylamine groups is 2. The second kappa shape index (κ2) is 22.6. The molecule has 6 rings (SSSR count). The first kappa shape index (κ1) is 44.6. The Kier molecular flexibility index (Phi) is 17.7. The molecule has 1 aliphatic heterocycles. The van der Waals surface area contributed by atoms with Gasteiger partial charge in [0.2, 0.25) is 5.95 Å². The number of carbonyl (C=O) groups excluding carboxylic acids is 5. The van der Waals surface area contributed by atoms with E-state index in [4.69, 9.17) is 11.9 Å². The molecule has 0 spiro atoms. The first-order valence-corrected chi connectivity index (χ1v) is 18.5. The van der Waals surface area contributed by atoms with E-state index in [1.54, 1.807) is 12.1 Å². The van der Waals surface area contributed by atoms with Crippen molar-refractivity contribution in [2.45, 2.75) is 115 Å². The summed E-state index contributed by atoms with van der Waals surface area (Å²) in [5.74, 6) is -4.43. The Morgan fingerprint density at radius 3 is 2.07 bits per heavy atom. The number of carbonyl (C=O) groups is 6. The minimum atomic E-state index is -1.42. The molecule has 1 aromatic carbocycles. The molecule has 5 amide bonds. The van der Waals surface area contributed by atoms with Crippen LogP contribution in [0.2, 0.25) is 0 Å². The number of aromatic amines is 1. The number of nitrogens with one attached hydrogen (secondary N) is 5. The minimum absolute atomic E-state index is 0. The number of fused-ring (bicyclic) bond motifs is 1. The Labute approximate surface area is 354 Å². The number of amides is 5. The molecule has 3 aromatic rings. The molecule has 1 atom stereocenters. The van der Waals surface area contributed by atoms with Crippen LogP contribution in [0.1, 0.15) is 107 Å². The standard InChI is InChI=1S/C23H22N8O8.C13H24N2O.CH3.U/c24-23-29-19-18(21(36)30-23)27-13(10-26-19)9-25-12-3-1-11(2-4-12)20(35)28-14(22(37)38)5-8-17(34)39-31-15(32)6-7-16(31)33;16-13(14-11-7-3-1-4-8-11)15-12-9-5-2-6-10-12;;/h1-4,10,14,25H,5-9H2,(H,28,35)(H,37,38)(H3,24,26,29,30,36);11-12H,1-10H2,(H2,14,15,16);1H3;/q;;-1;/i;;1D;. The van der Waals surface area contributed by atoms with Crippen molar-refractivity contribution in [3.8, 4) is 0 Å². The second-order valence-electron chi connectivity index (χ2n) is 13.7. The number of rotatable bonds is 12. The normalized spacial score (nSPS) is 16.3. The van der Waals surface area contributed by atoms with Gasteiger partial charge in [-0.15, -0.1) is 5.06 Å². The maximum absolute atomic E-state index is 12.6. The fourth-order valence-electron chi connectivity index (χ4n) is 6.46. The Morgan fingerprint density at radius 2 is 1.51 bits per heavy atom. The summed E-state index contributed by atoms with van der Waals surface area (Å²) in [4.78, 5) is 102. The summed E-state index contributed by atoms with van der Waals surface area (Å²) in [5.41, 5.74) is 6.32. The van der Waals surface area contributed by atoms with Crippen molar-refractivity contribution in [3.05, 3.63) is 59.5 Å². The van der Waals surface area contributed by atoms with Gasteiger partial charge in [0.1, 0.15) is 6.04 Å². The van der Waals surface area contributed by atoms with Crippen LogP contribution < -0.4 is 32.6 Å². The van der Waals surface area contributed by atoms with E-state index in [9.17, 15) is 38.7 Å². The van der Waals surface area contributed by atoms with Crippen LogP contribution in [0.15, 0.2) is 35.3 Å². The predicted molar refractivity (Wildman–Crippen MR) is 203 cm³/mol. The van der Waals surface area contributed by atoms with Crippen LogP contribution in [0.4, 0.5) is 16.4 Å². The average Bonchev–Trinajstić information content (AvgIpc) is 3.52. The molecular weight excluding hydrogens is 966 g/mol. The number of benzene rings is 1. The number of carboxylic acids is 1. The second-order valence-corrected chi connectivity index (χ2v) is 13.7. The summed E-state index contributed by atoms with van der Waals surface area (Å²) < 4.78 is 5.50. The SMILES string of the molecule is Nc1nc2ncc(CNc3ccc(C(=O)NC(CCC(=O)ON4C(=O)CCC4=O)C(=O)O)cc3)nc2c(=O)[nH]1.O=C(NC1CCCCC1)NC1CCCCC1.[2H][CH2-].[U]. The quantitative estimate of drug-likeness (QED) is 0.102. The number of anilines is 2. The molecule has 0 radical (unpaired) electrons. The zero-order valence-electron chi connectivity index (χ0n) is 32.5. The summed E-state index contributed by atoms with van der Waals surface area (Å²) in [6.45, 7) is 0.199. The largest absolute Gasteiger partial charge is 0.480 e. The molecule has 306 valence electrons. The predicted octanol–water partition coefficient (Wildman–Crippen LogP) is 2.88. The van der Waals surface area contributed by atoms with Crippen LogP contribution in [0.3, 0.4) is 0 Å².